The van der Waals surface area contributed by atoms with Gasteiger partial charge in [-0.15, -0.1) is 0 Å². The van der Waals surface area contributed by atoms with E-state index < -0.39 is 16.8 Å². The van der Waals surface area contributed by atoms with Crippen molar-refractivity contribution in [3.8, 4) is 6.07 Å². The highest BCUT2D eigenvalue weighted by atomic mass is 32.2. The van der Waals surface area contributed by atoms with E-state index in [1.165, 1.54) is 11.8 Å². The summed E-state index contributed by atoms with van der Waals surface area (Å²) in [5, 5.41) is 18.3. The summed E-state index contributed by atoms with van der Waals surface area (Å²) in [6.45, 7) is 3.16. The van der Waals surface area contributed by atoms with Gasteiger partial charge in [-0.25, -0.2) is 0 Å². The zero-order valence-corrected chi connectivity index (χ0v) is 14.2. The van der Waals surface area contributed by atoms with Crippen molar-refractivity contribution >= 4 is 34.1 Å². The van der Waals surface area contributed by atoms with Crippen molar-refractivity contribution in [1.82, 2.24) is 0 Å². The molecule has 0 fully saturated rings. The van der Waals surface area contributed by atoms with E-state index in [9.17, 15) is 10.1 Å². The van der Waals surface area contributed by atoms with Gasteiger partial charge in [0.25, 0.3) is 0 Å². The molecule has 1 N–H and O–H groups in total. The van der Waals surface area contributed by atoms with Crippen LogP contribution in [0.4, 0.5) is 0 Å². The van der Waals surface area contributed by atoms with Crippen LogP contribution >= 0.6 is 24.0 Å². The van der Waals surface area contributed by atoms with Gasteiger partial charge < -0.3 is 9.84 Å². The first-order chi connectivity index (χ1) is 10.4. The number of benzene rings is 1. The zero-order chi connectivity index (χ0) is 16.6. The normalized spacial score (nSPS) is 14.5. The lowest BCUT2D eigenvalue weighted by Gasteiger charge is -2.21. The minimum Gasteiger partial charge on any atom is -0.460 e. The van der Waals surface area contributed by atoms with Gasteiger partial charge in [0, 0.05) is 6.42 Å². The smallest absolute Gasteiger partial charge is 0.306 e. The van der Waals surface area contributed by atoms with Crippen LogP contribution in [-0.2, 0) is 9.53 Å². The number of thioether (sulfide) groups is 1. The molecule has 0 saturated heterocycles. The van der Waals surface area contributed by atoms with Crippen LogP contribution in [0.25, 0.3) is 0 Å². The number of nitrogens with zero attached hydrogens (tertiary/aromatic N) is 1. The number of carbonyl (C=O) groups excluding carboxylic acids is 1. The molecule has 0 aliphatic carbocycles. The average Bonchev–Trinajstić information content (AvgIpc) is 2.53. The number of hydrogen-bond donors (Lipinski definition) is 1. The standard InChI is InChI=1S/C16H19NO3S2/c1-12(10-18)20-14(19)8-9-16(2,11-17)22-15(21)13-6-4-3-5-7-13/h3-7,12,18H,8-10H2,1-2H3. The molecule has 0 aromatic heterocycles. The van der Waals surface area contributed by atoms with E-state index in [2.05, 4.69) is 6.07 Å². The third-order valence-electron chi connectivity index (χ3n) is 2.96. The molecule has 0 heterocycles. The second kappa shape index (κ2) is 8.89. The molecule has 0 radical (unpaired) electrons. The van der Waals surface area contributed by atoms with E-state index in [0.717, 1.165) is 5.56 Å². The van der Waals surface area contributed by atoms with Crippen molar-refractivity contribution < 1.29 is 14.6 Å². The van der Waals surface area contributed by atoms with Gasteiger partial charge >= 0.3 is 5.97 Å². The van der Waals surface area contributed by atoms with Crippen LogP contribution in [-0.4, -0.2) is 32.7 Å². The lowest BCUT2D eigenvalue weighted by molar-refractivity contribution is -0.150. The molecule has 4 nitrogen and oxygen atoms in total. The maximum Gasteiger partial charge on any atom is 0.306 e. The van der Waals surface area contributed by atoms with Crippen molar-refractivity contribution in [1.29, 1.82) is 5.26 Å². The minimum atomic E-state index is -0.797. The molecular weight excluding hydrogens is 318 g/mol. The predicted octanol–water partition coefficient (Wildman–Crippen LogP) is 3.08. The Kier molecular flexibility index (Phi) is 7.52. The Morgan fingerprint density at radius 1 is 1.50 bits per heavy atom. The van der Waals surface area contributed by atoms with E-state index in [1.807, 2.05) is 30.3 Å². The van der Waals surface area contributed by atoms with Gasteiger partial charge in [-0.2, -0.15) is 5.26 Å². The SMILES string of the molecule is CC(CO)OC(=O)CCC(C)(C#N)SC(=S)c1ccccc1. The number of nitriles is 1. The van der Waals surface area contributed by atoms with Crippen LogP contribution in [0.1, 0.15) is 32.3 Å². The fourth-order valence-corrected chi connectivity index (χ4v) is 3.23. The van der Waals surface area contributed by atoms with Crippen molar-refractivity contribution in [3.63, 3.8) is 0 Å². The summed E-state index contributed by atoms with van der Waals surface area (Å²) in [6, 6.07) is 11.7. The number of rotatable bonds is 7. The molecule has 0 amide bonds. The van der Waals surface area contributed by atoms with E-state index in [4.69, 9.17) is 22.1 Å². The van der Waals surface area contributed by atoms with Crippen LogP contribution in [0.2, 0.25) is 0 Å². The Bertz CT molecular complexity index is 556. The van der Waals surface area contributed by atoms with E-state index in [-0.39, 0.29) is 13.0 Å². The van der Waals surface area contributed by atoms with Gasteiger partial charge in [0.2, 0.25) is 0 Å². The highest BCUT2D eigenvalue weighted by Gasteiger charge is 2.28. The Hall–Kier alpha value is -1.42. The number of esters is 1. The third-order valence-corrected chi connectivity index (χ3v) is 4.61. The molecule has 6 heteroatoms. The van der Waals surface area contributed by atoms with Crippen LogP contribution in [0.15, 0.2) is 30.3 Å². The molecule has 118 valence electrons. The van der Waals surface area contributed by atoms with Crippen molar-refractivity contribution in [2.45, 2.75) is 37.5 Å². The number of aliphatic hydroxyl groups is 1. The van der Waals surface area contributed by atoms with Crippen molar-refractivity contribution in [3.05, 3.63) is 35.9 Å². The topological polar surface area (TPSA) is 70.3 Å². The lowest BCUT2D eigenvalue weighted by Crippen LogP contribution is -2.24. The summed E-state index contributed by atoms with van der Waals surface area (Å²) in [7, 11) is 0. The number of aliphatic hydroxyl groups excluding tert-OH is 1. The van der Waals surface area contributed by atoms with Gasteiger partial charge in [0.05, 0.1) is 16.9 Å². The molecule has 0 spiro atoms. The zero-order valence-electron chi connectivity index (χ0n) is 12.6. The summed E-state index contributed by atoms with van der Waals surface area (Å²) >= 11 is 6.65. The molecule has 0 saturated carbocycles. The Morgan fingerprint density at radius 3 is 2.68 bits per heavy atom. The first-order valence-electron chi connectivity index (χ1n) is 6.90. The number of carbonyl (C=O) groups is 1. The number of ether oxygens (including phenoxy) is 1. The summed E-state index contributed by atoms with van der Waals surface area (Å²) in [5.41, 5.74) is 0.889. The van der Waals surface area contributed by atoms with Crippen LogP contribution < -0.4 is 0 Å². The highest BCUT2D eigenvalue weighted by molar-refractivity contribution is 8.24. The summed E-state index contributed by atoms with van der Waals surface area (Å²) in [4.78, 5) is 11.6. The molecule has 2 atom stereocenters. The number of hydrogen-bond acceptors (Lipinski definition) is 6. The van der Waals surface area contributed by atoms with E-state index in [1.54, 1.807) is 13.8 Å². The summed E-state index contributed by atoms with van der Waals surface area (Å²) in [6.07, 6.45) is -0.0874. The van der Waals surface area contributed by atoms with Gasteiger partial charge in [-0.3, -0.25) is 4.79 Å². The second-order valence-corrected chi connectivity index (χ2v) is 7.26. The summed E-state index contributed by atoms with van der Waals surface area (Å²) in [5.74, 6) is -0.422. The van der Waals surface area contributed by atoms with Gasteiger partial charge in [-0.05, 0) is 25.8 Å². The van der Waals surface area contributed by atoms with E-state index in [0.29, 0.717) is 10.6 Å². The first-order valence-corrected chi connectivity index (χ1v) is 8.12. The van der Waals surface area contributed by atoms with Crippen molar-refractivity contribution in [2.75, 3.05) is 6.61 Å². The Labute approximate surface area is 140 Å². The molecule has 22 heavy (non-hydrogen) atoms. The van der Waals surface area contributed by atoms with Crippen LogP contribution in [0, 0.1) is 11.3 Å². The Morgan fingerprint density at radius 2 is 2.14 bits per heavy atom. The molecule has 1 rings (SSSR count). The van der Waals surface area contributed by atoms with Gasteiger partial charge in [-0.1, -0.05) is 54.3 Å². The van der Waals surface area contributed by atoms with Crippen molar-refractivity contribution in [2.24, 2.45) is 0 Å². The maximum absolute atomic E-state index is 11.6. The average molecular weight is 337 g/mol. The van der Waals surface area contributed by atoms with Crippen LogP contribution in [0.3, 0.4) is 0 Å². The molecule has 2 unspecified atom stereocenters. The first kappa shape index (κ1) is 18.6. The molecule has 0 aliphatic rings. The maximum atomic E-state index is 11.6. The molecule has 0 bridgehead atoms. The monoisotopic (exact) mass is 337 g/mol. The fourth-order valence-electron chi connectivity index (χ4n) is 1.63. The third kappa shape index (κ3) is 6.14. The Balaban J connectivity index is 2.59. The second-order valence-electron chi connectivity index (χ2n) is 5.08. The predicted molar refractivity (Wildman–Crippen MR) is 91.6 cm³/mol. The largest absolute Gasteiger partial charge is 0.460 e. The molecule has 1 aromatic rings. The molecular formula is C16H19NO3S2. The molecule has 0 aliphatic heterocycles. The van der Waals surface area contributed by atoms with Crippen LogP contribution in [0.5, 0.6) is 0 Å². The highest BCUT2D eigenvalue weighted by Crippen LogP contribution is 2.33. The van der Waals surface area contributed by atoms with Gasteiger partial charge in [0.1, 0.15) is 10.9 Å². The van der Waals surface area contributed by atoms with Gasteiger partial charge in [0.15, 0.2) is 0 Å². The summed E-state index contributed by atoms with van der Waals surface area (Å²) < 4.78 is 4.82. The molecule has 1 aromatic carbocycles. The van der Waals surface area contributed by atoms with E-state index >= 15 is 0 Å². The quantitative estimate of drug-likeness (QED) is 0.609. The number of thiocarbonyl (C=S) groups is 1. The minimum absolute atomic E-state index is 0.110. The lowest BCUT2D eigenvalue weighted by atomic mass is 10.1. The fraction of sp³-hybridized carbons (Fsp3) is 0.438.